The van der Waals surface area contributed by atoms with E-state index in [-0.39, 0.29) is 0 Å². The van der Waals surface area contributed by atoms with E-state index >= 15 is 0 Å². The zero-order valence-corrected chi connectivity index (χ0v) is 16.1. The van der Waals surface area contributed by atoms with Crippen LogP contribution in [0.25, 0.3) is 22.4 Å². The van der Waals surface area contributed by atoms with E-state index < -0.39 is 0 Å². The van der Waals surface area contributed by atoms with Crippen molar-refractivity contribution in [2.75, 3.05) is 37.6 Å². The first-order valence-electron chi connectivity index (χ1n) is 9.22. The molecule has 6 heteroatoms. The Morgan fingerprint density at radius 2 is 1.88 bits per heavy atom. The van der Waals surface area contributed by atoms with Crippen molar-refractivity contribution in [2.45, 2.75) is 13.3 Å². The molecule has 26 heavy (non-hydrogen) atoms. The Morgan fingerprint density at radius 1 is 1.12 bits per heavy atom. The minimum absolute atomic E-state index is 0.636. The minimum Gasteiger partial charge on any atom is -0.354 e. The van der Waals surface area contributed by atoms with Crippen LogP contribution < -0.4 is 4.90 Å². The van der Waals surface area contributed by atoms with Crippen LogP contribution in [-0.4, -0.2) is 52.2 Å². The first-order valence-corrected chi connectivity index (χ1v) is 9.60. The Balaban J connectivity index is 1.65. The van der Waals surface area contributed by atoms with Gasteiger partial charge in [-0.1, -0.05) is 30.7 Å². The fraction of sp³-hybridized carbons (Fsp3) is 0.400. The SMILES string of the molecule is CCCN1CCN(c2cc(-c3nc4ccccc4n3C)c(Cl)cn2)CC1. The summed E-state index contributed by atoms with van der Waals surface area (Å²) in [5, 5.41) is 0.636. The summed E-state index contributed by atoms with van der Waals surface area (Å²) in [6.07, 6.45) is 2.96. The van der Waals surface area contributed by atoms with Gasteiger partial charge >= 0.3 is 0 Å². The Kier molecular flexibility index (Phi) is 4.83. The highest BCUT2D eigenvalue weighted by molar-refractivity contribution is 6.33. The third-order valence-electron chi connectivity index (χ3n) is 5.11. The number of benzene rings is 1. The molecule has 1 aliphatic rings. The summed E-state index contributed by atoms with van der Waals surface area (Å²) in [7, 11) is 2.03. The number of hydrogen-bond acceptors (Lipinski definition) is 4. The number of hydrogen-bond donors (Lipinski definition) is 0. The predicted octanol–water partition coefficient (Wildman–Crippen LogP) is 3.82. The standard InChI is InChI=1S/C20H24ClN5/c1-3-8-25-9-11-26(12-10-25)19-13-15(16(21)14-22-19)20-23-17-6-4-5-7-18(17)24(20)2/h4-7,13-14H,3,8-12H2,1-2H3. The molecule has 0 atom stereocenters. The largest absolute Gasteiger partial charge is 0.354 e. The molecule has 0 aliphatic carbocycles. The minimum atomic E-state index is 0.636. The van der Waals surface area contributed by atoms with Crippen LogP contribution in [0.5, 0.6) is 0 Å². The molecular weight excluding hydrogens is 346 g/mol. The lowest BCUT2D eigenvalue weighted by Crippen LogP contribution is -2.46. The fourth-order valence-corrected chi connectivity index (χ4v) is 3.86. The van der Waals surface area contributed by atoms with Gasteiger partial charge in [0.2, 0.25) is 0 Å². The molecule has 1 fully saturated rings. The molecule has 0 bridgehead atoms. The molecule has 0 unspecified atom stereocenters. The molecule has 4 rings (SSSR count). The van der Waals surface area contributed by atoms with E-state index in [0.717, 1.165) is 54.4 Å². The van der Waals surface area contributed by atoms with Crippen molar-refractivity contribution in [2.24, 2.45) is 7.05 Å². The molecule has 0 radical (unpaired) electrons. The zero-order chi connectivity index (χ0) is 18.1. The maximum Gasteiger partial charge on any atom is 0.142 e. The molecule has 0 amide bonds. The Labute approximate surface area is 159 Å². The van der Waals surface area contributed by atoms with Gasteiger partial charge in [0, 0.05) is 45.0 Å². The van der Waals surface area contributed by atoms with Gasteiger partial charge in [-0.3, -0.25) is 4.90 Å². The third-order valence-corrected chi connectivity index (χ3v) is 5.41. The van der Waals surface area contributed by atoms with Crippen molar-refractivity contribution in [1.82, 2.24) is 19.4 Å². The Morgan fingerprint density at radius 3 is 2.62 bits per heavy atom. The van der Waals surface area contributed by atoms with Crippen LogP contribution in [0.3, 0.4) is 0 Å². The zero-order valence-electron chi connectivity index (χ0n) is 15.3. The van der Waals surface area contributed by atoms with Gasteiger partial charge in [0.05, 0.1) is 16.1 Å². The van der Waals surface area contributed by atoms with E-state index in [2.05, 4.69) is 38.4 Å². The second-order valence-electron chi connectivity index (χ2n) is 6.83. The lowest BCUT2D eigenvalue weighted by molar-refractivity contribution is 0.258. The molecule has 136 valence electrons. The van der Waals surface area contributed by atoms with Gasteiger partial charge in [-0.25, -0.2) is 9.97 Å². The molecule has 1 saturated heterocycles. The molecule has 0 saturated carbocycles. The molecule has 1 aliphatic heterocycles. The van der Waals surface area contributed by atoms with Crippen LogP contribution in [0, 0.1) is 0 Å². The van der Waals surface area contributed by atoms with Gasteiger partial charge in [0.15, 0.2) is 0 Å². The van der Waals surface area contributed by atoms with Gasteiger partial charge in [0.1, 0.15) is 11.6 Å². The first kappa shape index (κ1) is 17.3. The van der Waals surface area contributed by atoms with E-state index in [4.69, 9.17) is 16.6 Å². The van der Waals surface area contributed by atoms with E-state index in [9.17, 15) is 0 Å². The smallest absolute Gasteiger partial charge is 0.142 e. The first-order chi connectivity index (χ1) is 12.7. The van der Waals surface area contributed by atoms with Crippen molar-refractivity contribution in [3.8, 4) is 11.4 Å². The van der Waals surface area contributed by atoms with Crippen LogP contribution in [0.2, 0.25) is 5.02 Å². The maximum absolute atomic E-state index is 6.49. The van der Waals surface area contributed by atoms with Crippen LogP contribution in [0.1, 0.15) is 13.3 Å². The van der Waals surface area contributed by atoms with Crippen molar-refractivity contribution in [1.29, 1.82) is 0 Å². The molecule has 2 aromatic heterocycles. The monoisotopic (exact) mass is 369 g/mol. The second kappa shape index (κ2) is 7.25. The molecule has 5 nitrogen and oxygen atoms in total. The molecule has 1 aromatic carbocycles. The van der Waals surface area contributed by atoms with Crippen molar-refractivity contribution in [3.63, 3.8) is 0 Å². The highest BCUT2D eigenvalue weighted by Crippen LogP contribution is 2.31. The number of fused-ring (bicyclic) bond motifs is 1. The second-order valence-corrected chi connectivity index (χ2v) is 7.24. The number of aromatic nitrogens is 3. The molecule has 3 heterocycles. The van der Waals surface area contributed by atoms with Crippen molar-refractivity contribution < 1.29 is 0 Å². The molecule has 0 spiro atoms. The maximum atomic E-state index is 6.49. The van der Waals surface area contributed by atoms with Crippen LogP contribution in [-0.2, 0) is 7.05 Å². The molecular formula is C20H24ClN5. The Hall–Kier alpha value is -2.11. The highest BCUT2D eigenvalue weighted by Gasteiger charge is 2.20. The van der Waals surface area contributed by atoms with Crippen LogP contribution >= 0.6 is 11.6 Å². The van der Waals surface area contributed by atoms with Crippen LogP contribution in [0.15, 0.2) is 36.5 Å². The van der Waals surface area contributed by atoms with Gasteiger partial charge in [0.25, 0.3) is 0 Å². The fourth-order valence-electron chi connectivity index (χ4n) is 3.68. The number of aryl methyl sites for hydroxylation is 1. The van der Waals surface area contributed by atoms with Gasteiger partial charge in [-0.05, 0) is 31.2 Å². The number of para-hydroxylation sites is 2. The average Bonchev–Trinajstić information content (AvgIpc) is 3.00. The van der Waals surface area contributed by atoms with Gasteiger partial charge in [-0.2, -0.15) is 0 Å². The quantitative estimate of drug-likeness (QED) is 0.700. The van der Waals surface area contributed by atoms with E-state index in [1.807, 2.05) is 25.2 Å². The topological polar surface area (TPSA) is 37.2 Å². The van der Waals surface area contributed by atoms with E-state index in [1.165, 1.54) is 13.0 Å². The summed E-state index contributed by atoms with van der Waals surface area (Å²) in [5.41, 5.74) is 3.02. The lowest BCUT2D eigenvalue weighted by Gasteiger charge is -2.35. The number of anilines is 1. The normalized spacial score (nSPS) is 15.7. The number of piperazine rings is 1. The Bertz CT molecular complexity index is 912. The van der Waals surface area contributed by atoms with E-state index in [1.54, 1.807) is 6.20 Å². The van der Waals surface area contributed by atoms with Gasteiger partial charge < -0.3 is 9.47 Å². The van der Waals surface area contributed by atoms with Crippen molar-refractivity contribution >= 4 is 28.5 Å². The summed E-state index contributed by atoms with van der Waals surface area (Å²) in [6, 6.07) is 10.2. The van der Waals surface area contributed by atoms with Crippen molar-refractivity contribution in [3.05, 3.63) is 41.6 Å². The summed E-state index contributed by atoms with van der Waals surface area (Å²) in [6.45, 7) is 7.57. The number of rotatable bonds is 4. The number of pyridine rings is 1. The number of halogens is 1. The van der Waals surface area contributed by atoms with Gasteiger partial charge in [-0.15, -0.1) is 0 Å². The third kappa shape index (κ3) is 3.17. The number of nitrogens with zero attached hydrogens (tertiary/aromatic N) is 5. The number of imidazole rings is 1. The molecule has 3 aromatic rings. The summed E-state index contributed by atoms with van der Waals surface area (Å²) in [5.74, 6) is 1.86. The van der Waals surface area contributed by atoms with E-state index in [0.29, 0.717) is 5.02 Å². The average molecular weight is 370 g/mol. The summed E-state index contributed by atoms with van der Waals surface area (Å²) < 4.78 is 2.10. The predicted molar refractivity (Wildman–Crippen MR) is 108 cm³/mol. The highest BCUT2D eigenvalue weighted by atomic mass is 35.5. The summed E-state index contributed by atoms with van der Waals surface area (Å²) in [4.78, 5) is 14.2. The molecule has 0 N–H and O–H groups in total. The lowest BCUT2D eigenvalue weighted by atomic mass is 10.2. The van der Waals surface area contributed by atoms with Crippen LogP contribution in [0.4, 0.5) is 5.82 Å². The summed E-state index contributed by atoms with van der Waals surface area (Å²) >= 11 is 6.49.